The van der Waals surface area contributed by atoms with Crippen molar-refractivity contribution in [2.45, 2.75) is 25.8 Å². The molecule has 1 aromatic rings. The fourth-order valence-corrected chi connectivity index (χ4v) is 3.34. The number of rotatable bonds is 2. The first-order valence-electron chi connectivity index (χ1n) is 5.77. The highest BCUT2D eigenvalue weighted by Gasteiger charge is 2.29. The van der Waals surface area contributed by atoms with Gasteiger partial charge >= 0.3 is 0 Å². The smallest absolute Gasteiger partial charge is 0.255 e. The zero-order chi connectivity index (χ0) is 12.4. The monoisotopic (exact) mass is 359 g/mol. The summed E-state index contributed by atoms with van der Waals surface area (Å²) in [6, 6.07) is 6.18. The predicted octanol–water partition coefficient (Wildman–Crippen LogP) is 3.76. The molecule has 1 aromatic carbocycles. The van der Waals surface area contributed by atoms with Gasteiger partial charge in [-0.1, -0.05) is 28.1 Å². The summed E-state index contributed by atoms with van der Waals surface area (Å²) in [6.07, 6.45) is 2.20. The van der Waals surface area contributed by atoms with Crippen molar-refractivity contribution in [2.24, 2.45) is 0 Å². The van der Waals surface area contributed by atoms with Gasteiger partial charge in [0.2, 0.25) is 0 Å². The third-order valence-electron chi connectivity index (χ3n) is 3.24. The fraction of sp³-hybridized carbons (Fsp3) is 0.462. The molecule has 0 aliphatic carbocycles. The third kappa shape index (κ3) is 2.58. The van der Waals surface area contributed by atoms with Crippen LogP contribution in [0.4, 0.5) is 0 Å². The second-order valence-corrected chi connectivity index (χ2v) is 5.83. The molecule has 0 bridgehead atoms. The maximum absolute atomic E-state index is 12.5. The zero-order valence-electron chi connectivity index (χ0n) is 9.75. The van der Waals surface area contributed by atoms with Gasteiger partial charge in [0.1, 0.15) is 0 Å². The highest BCUT2D eigenvalue weighted by atomic mass is 79.9. The van der Waals surface area contributed by atoms with E-state index in [0.29, 0.717) is 6.04 Å². The van der Waals surface area contributed by atoms with E-state index in [0.717, 1.165) is 40.3 Å². The topological polar surface area (TPSA) is 20.3 Å². The molecule has 1 amide bonds. The number of halogens is 2. The number of carbonyl (C=O) groups is 1. The van der Waals surface area contributed by atoms with E-state index in [2.05, 4.69) is 31.9 Å². The van der Waals surface area contributed by atoms with Crippen molar-refractivity contribution >= 4 is 37.8 Å². The van der Waals surface area contributed by atoms with E-state index in [4.69, 9.17) is 0 Å². The predicted molar refractivity (Wildman–Crippen MR) is 76.7 cm³/mol. The van der Waals surface area contributed by atoms with Crippen LogP contribution in [0.15, 0.2) is 22.7 Å². The van der Waals surface area contributed by atoms with Crippen LogP contribution < -0.4 is 0 Å². The number of aryl methyl sites for hydroxylation is 1. The molecule has 0 saturated carbocycles. The highest BCUT2D eigenvalue weighted by molar-refractivity contribution is 9.10. The molecule has 2 nitrogen and oxygen atoms in total. The lowest BCUT2D eigenvalue weighted by atomic mass is 10.1. The van der Waals surface area contributed by atoms with Gasteiger partial charge in [0.05, 0.1) is 5.56 Å². The summed E-state index contributed by atoms with van der Waals surface area (Å²) >= 11 is 7.00. The van der Waals surface area contributed by atoms with Crippen LogP contribution >= 0.6 is 31.9 Å². The van der Waals surface area contributed by atoms with Gasteiger partial charge in [0.25, 0.3) is 5.91 Å². The minimum atomic E-state index is 0.141. The number of nitrogens with zero attached hydrogens (tertiary/aromatic N) is 1. The number of amides is 1. The highest BCUT2D eigenvalue weighted by Crippen LogP contribution is 2.26. The molecule has 17 heavy (non-hydrogen) atoms. The van der Waals surface area contributed by atoms with E-state index in [1.54, 1.807) is 0 Å². The van der Waals surface area contributed by atoms with Crippen LogP contribution in [0.25, 0.3) is 0 Å². The Morgan fingerprint density at radius 2 is 2.29 bits per heavy atom. The van der Waals surface area contributed by atoms with Crippen LogP contribution in [0, 0.1) is 6.92 Å². The first-order chi connectivity index (χ1) is 8.15. The van der Waals surface area contributed by atoms with E-state index in [-0.39, 0.29) is 5.91 Å². The molecule has 4 heteroatoms. The Morgan fingerprint density at radius 1 is 1.53 bits per heavy atom. The number of hydrogen-bond donors (Lipinski definition) is 0. The first kappa shape index (κ1) is 13.1. The summed E-state index contributed by atoms with van der Waals surface area (Å²) in [5, 5.41) is 0.863. The van der Waals surface area contributed by atoms with E-state index in [1.807, 2.05) is 30.0 Å². The molecule has 0 N–H and O–H groups in total. The van der Waals surface area contributed by atoms with E-state index >= 15 is 0 Å². The number of benzene rings is 1. The second kappa shape index (κ2) is 5.53. The van der Waals surface area contributed by atoms with E-state index in [9.17, 15) is 4.79 Å². The van der Waals surface area contributed by atoms with Crippen molar-refractivity contribution < 1.29 is 4.79 Å². The lowest BCUT2D eigenvalue weighted by Crippen LogP contribution is -2.36. The number of hydrogen-bond acceptors (Lipinski definition) is 1. The third-order valence-corrected chi connectivity index (χ3v) is 5.04. The van der Waals surface area contributed by atoms with Crippen molar-refractivity contribution in [3.63, 3.8) is 0 Å². The molecule has 1 fully saturated rings. The largest absolute Gasteiger partial charge is 0.335 e. The molecular weight excluding hydrogens is 346 g/mol. The van der Waals surface area contributed by atoms with Crippen molar-refractivity contribution in [3.05, 3.63) is 33.8 Å². The normalized spacial score (nSPS) is 19.7. The van der Waals surface area contributed by atoms with E-state index in [1.165, 1.54) is 0 Å². The summed E-state index contributed by atoms with van der Waals surface area (Å²) in [4.78, 5) is 14.4. The second-order valence-electron chi connectivity index (χ2n) is 4.39. The number of carbonyl (C=O) groups excluding carboxylic acids is 1. The lowest BCUT2D eigenvalue weighted by molar-refractivity contribution is 0.0749. The average molecular weight is 361 g/mol. The van der Waals surface area contributed by atoms with Crippen LogP contribution in [0.5, 0.6) is 0 Å². The van der Waals surface area contributed by atoms with Gasteiger partial charge < -0.3 is 4.90 Å². The lowest BCUT2D eigenvalue weighted by Gasteiger charge is -2.23. The van der Waals surface area contributed by atoms with E-state index < -0.39 is 0 Å². The molecule has 1 heterocycles. The fourth-order valence-electron chi connectivity index (χ4n) is 2.23. The Bertz CT molecular complexity index is 433. The first-order valence-corrected chi connectivity index (χ1v) is 7.68. The quantitative estimate of drug-likeness (QED) is 0.735. The molecule has 1 saturated heterocycles. The Balaban J connectivity index is 2.28. The number of likely N-dealkylation sites (tertiary alicyclic amines) is 1. The minimum Gasteiger partial charge on any atom is -0.335 e. The molecule has 2 rings (SSSR count). The summed E-state index contributed by atoms with van der Waals surface area (Å²) in [5.74, 6) is 0.141. The molecule has 0 aromatic heterocycles. The van der Waals surface area contributed by atoms with Gasteiger partial charge in [-0.25, -0.2) is 0 Å². The van der Waals surface area contributed by atoms with Crippen molar-refractivity contribution in [1.29, 1.82) is 0 Å². The van der Waals surface area contributed by atoms with Crippen molar-refractivity contribution in [1.82, 2.24) is 4.90 Å². The minimum absolute atomic E-state index is 0.141. The van der Waals surface area contributed by atoms with Crippen LogP contribution in [0.2, 0.25) is 0 Å². The molecule has 92 valence electrons. The van der Waals surface area contributed by atoms with Crippen molar-refractivity contribution in [3.8, 4) is 0 Å². The Hall–Kier alpha value is -0.350. The zero-order valence-corrected chi connectivity index (χ0v) is 12.9. The Labute approximate surface area is 119 Å². The summed E-state index contributed by atoms with van der Waals surface area (Å²) < 4.78 is 0.922. The van der Waals surface area contributed by atoms with Crippen molar-refractivity contribution in [2.75, 3.05) is 11.9 Å². The Kier molecular flexibility index (Phi) is 4.26. The van der Waals surface area contributed by atoms with Gasteiger partial charge in [0, 0.05) is 22.4 Å². The summed E-state index contributed by atoms with van der Waals surface area (Å²) in [7, 11) is 0. The van der Waals surface area contributed by atoms with Crippen LogP contribution in [0.3, 0.4) is 0 Å². The molecule has 1 atom stereocenters. The van der Waals surface area contributed by atoms with Gasteiger partial charge in [-0.15, -0.1) is 0 Å². The summed E-state index contributed by atoms with van der Waals surface area (Å²) in [6.45, 7) is 2.88. The van der Waals surface area contributed by atoms with Gasteiger partial charge in [0.15, 0.2) is 0 Å². The molecule has 1 aliphatic rings. The SMILES string of the molecule is Cc1cccc(C(=O)N2CCCC2CBr)c1Br. The standard InChI is InChI=1S/C13H15Br2NO/c1-9-4-2-6-11(12(9)15)13(17)16-7-3-5-10(16)8-14/h2,4,6,10H,3,5,7-8H2,1H3. The van der Waals surface area contributed by atoms with Crippen LogP contribution in [-0.2, 0) is 0 Å². The molecule has 0 radical (unpaired) electrons. The molecule has 1 aliphatic heterocycles. The maximum Gasteiger partial charge on any atom is 0.255 e. The van der Waals surface area contributed by atoms with Gasteiger partial charge in [-0.05, 0) is 47.3 Å². The average Bonchev–Trinajstić information content (AvgIpc) is 2.80. The van der Waals surface area contributed by atoms with Gasteiger partial charge in [-0.2, -0.15) is 0 Å². The number of alkyl halides is 1. The molecule has 0 spiro atoms. The Morgan fingerprint density at radius 3 is 3.00 bits per heavy atom. The maximum atomic E-state index is 12.5. The summed E-state index contributed by atoms with van der Waals surface area (Å²) in [5.41, 5.74) is 1.88. The molecular formula is C13H15Br2NO. The molecule has 1 unspecified atom stereocenters. The van der Waals surface area contributed by atoms with Crippen LogP contribution in [0.1, 0.15) is 28.8 Å². The van der Waals surface area contributed by atoms with Gasteiger partial charge in [-0.3, -0.25) is 4.79 Å². The van der Waals surface area contributed by atoms with Crippen LogP contribution in [-0.4, -0.2) is 28.7 Å².